The lowest BCUT2D eigenvalue weighted by Crippen LogP contribution is -2.63. The highest BCUT2D eigenvalue weighted by Gasteiger charge is 2.39. The van der Waals surface area contributed by atoms with Crippen LogP contribution in [0.15, 0.2) is 29.3 Å². The molecule has 0 radical (unpaired) electrons. The number of aliphatic hydroxyl groups is 4. The number of carbonyl (C=O) groups excluding carboxylic acids is 17. The average Bonchev–Trinajstić information content (AvgIpc) is 0.847. The van der Waals surface area contributed by atoms with Crippen molar-refractivity contribution in [3.63, 3.8) is 0 Å². The van der Waals surface area contributed by atoms with E-state index < -0.39 is 260 Å². The molecule has 0 saturated heterocycles. The summed E-state index contributed by atoms with van der Waals surface area (Å²) in [6.07, 6.45) is -8.09. The topological polar surface area (TPSA) is 761 Å². The normalized spacial score (nSPS) is 15.7. The second-order valence-electron chi connectivity index (χ2n) is 29.1. The Bertz CT molecular complexity index is 3710. The molecule has 0 saturated carbocycles. The van der Waals surface area contributed by atoms with Crippen LogP contribution < -0.4 is 108 Å². The molecular formula is C71H117N21O26. The van der Waals surface area contributed by atoms with Gasteiger partial charge in [0.1, 0.15) is 90.8 Å². The Balaban J connectivity index is 3.16. The van der Waals surface area contributed by atoms with E-state index in [1.807, 2.05) is 0 Å². The highest BCUT2D eigenvalue weighted by molar-refractivity contribution is 6.01. The fourth-order valence-electron chi connectivity index (χ4n) is 10.4. The Morgan fingerprint density at radius 2 is 0.712 bits per heavy atom. The first-order valence-corrected chi connectivity index (χ1v) is 37.6. The van der Waals surface area contributed by atoms with Crippen molar-refractivity contribution >= 4 is 118 Å². The van der Waals surface area contributed by atoms with Crippen LogP contribution in [0.2, 0.25) is 0 Å². The maximum atomic E-state index is 14.3. The van der Waals surface area contributed by atoms with Crippen LogP contribution in [0.3, 0.4) is 0 Å². The summed E-state index contributed by atoms with van der Waals surface area (Å²) in [6.45, 7) is 15.3. The molecule has 47 heteroatoms. The Labute approximate surface area is 679 Å². The summed E-state index contributed by atoms with van der Waals surface area (Å²) in [7, 11) is 0. The molecule has 0 heterocycles. The van der Waals surface area contributed by atoms with Crippen LogP contribution in [-0.4, -0.2) is 296 Å². The molecule has 0 aliphatic heterocycles. The van der Waals surface area contributed by atoms with Gasteiger partial charge in [-0.1, -0.05) is 53.7 Å². The lowest BCUT2D eigenvalue weighted by molar-refractivity contribution is -0.141. The molecule has 0 spiro atoms. The number of aromatic hydroxyl groups is 1. The molecule has 0 aliphatic rings. The van der Waals surface area contributed by atoms with Crippen LogP contribution in [-0.2, 0) is 97.5 Å². The molecule has 0 aromatic heterocycles. The van der Waals surface area contributed by atoms with Gasteiger partial charge in [0.2, 0.25) is 100 Å². The van der Waals surface area contributed by atoms with E-state index in [0.717, 1.165) is 27.7 Å². The number of aliphatic imine (C=N–C) groups is 1. The number of guanidine groups is 1. The van der Waals surface area contributed by atoms with Crippen LogP contribution in [0.25, 0.3) is 0 Å². The molecule has 30 N–H and O–H groups in total. The van der Waals surface area contributed by atoms with Gasteiger partial charge in [0.05, 0.1) is 56.5 Å². The van der Waals surface area contributed by atoms with E-state index in [1.54, 1.807) is 27.7 Å². The summed E-state index contributed by atoms with van der Waals surface area (Å²) in [5.41, 5.74) is 16.8. The first-order valence-electron chi connectivity index (χ1n) is 37.6. The average molecular weight is 1680 g/mol. The second kappa shape index (κ2) is 51.2. The zero-order chi connectivity index (χ0) is 90.5. The SMILES string of the molecule is CC(C)C[C@H](NC(=O)[C@H](C)NC(=O)CNC(=O)[C@H](CC(=O)O)NC(=O)[C@H](C)NC(=O)CNC(=O)[C@H](C)NC(=O)[C@@H](NC(=O)[C@@H](N)C(C)C)[C@@H](C)O)C(=O)N[C@H](C(=O)NCC(=O)N[C@H](C(=O)N[C@@H](Cc1ccc(O)cc1)C(=O)N[C@H](C(=O)N[C@H](C(=O)N[C@@H](C)C(=O)N[C@@H](CCCN=C(N)N)C(=O)NCC(=O)O)[C@@H](C)O)C(C)C)[C@@H](C)O)[C@@H](C)O. The number of benzene rings is 1. The van der Waals surface area contributed by atoms with Crippen molar-refractivity contribution in [2.45, 2.75) is 238 Å². The number of carboxylic acids is 2. The van der Waals surface area contributed by atoms with Gasteiger partial charge in [0.25, 0.3) is 0 Å². The Hall–Kier alpha value is -12.0. The largest absolute Gasteiger partial charge is 0.508 e. The van der Waals surface area contributed by atoms with Gasteiger partial charge in [-0.05, 0) is 110 Å². The van der Waals surface area contributed by atoms with Gasteiger partial charge in [-0.2, -0.15) is 0 Å². The highest BCUT2D eigenvalue weighted by Crippen LogP contribution is 2.15. The lowest BCUT2D eigenvalue weighted by atomic mass is 9.99. The van der Waals surface area contributed by atoms with Crippen LogP contribution >= 0.6 is 0 Å². The zero-order valence-electron chi connectivity index (χ0n) is 68.1. The molecule has 17 amide bonds. The standard InChI is InChI=1S/C71H117N21O26/c1-29(2)22-43(85-58(106)33(8)81-47(99)26-77-62(110)45(24-49(101)102)86-59(107)34(9)80-46(98)25-76-57(105)32(7)82-68(116)55(38(13)95)91-65(113)51(72)30(3)4)63(111)90-53(36(11)93)66(114)78-27-48(100)88-54(37(12)94)70(118)87-44(23-40-17-19-41(97)20-18-40)64(112)89-52(31(5)6)67(115)92-56(39(14)96)69(117)83-35(10)60(108)84-42(16-15-21-75-71(73)74)61(109)79-28-50(103)104/h17-20,29-39,42-45,51-56,93-97H,15-16,21-28,72H2,1-14H3,(H,76,105)(H,77,110)(H,78,114)(H,79,109)(H,80,98)(H,81,99)(H,82,116)(H,83,117)(H,84,108)(H,85,106)(H,86,107)(H,87,118)(H,88,100)(H,89,112)(H,90,111)(H,91,113)(H,92,115)(H,101,102)(H,103,104)(H4,73,74,75)/t32-,33-,34-,35-,36+,37+,38+,39+,42-,43-,44-,45-,51-,52-,53-,54-,55-,56-/m0/s1. The van der Waals surface area contributed by atoms with Gasteiger partial charge in [0.15, 0.2) is 5.96 Å². The minimum absolute atomic E-state index is 0.0240. The molecule has 0 fully saturated rings. The van der Waals surface area contributed by atoms with Gasteiger partial charge in [-0.15, -0.1) is 0 Å². The minimum Gasteiger partial charge on any atom is -0.508 e. The number of nitrogens with zero attached hydrogens (tertiary/aromatic N) is 1. The van der Waals surface area contributed by atoms with Crippen molar-refractivity contribution in [2.24, 2.45) is 39.9 Å². The fraction of sp³-hybridized carbons (Fsp3) is 0.634. The van der Waals surface area contributed by atoms with Crippen molar-refractivity contribution < 1.29 is 127 Å². The number of amides is 17. The first-order chi connectivity index (χ1) is 54.8. The quantitative estimate of drug-likeness (QED) is 0.0164. The summed E-state index contributed by atoms with van der Waals surface area (Å²) in [5.74, 6) is -22.7. The van der Waals surface area contributed by atoms with Crippen LogP contribution in [0, 0.1) is 17.8 Å². The van der Waals surface area contributed by atoms with Crippen molar-refractivity contribution in [1.29, 1.82) is 0 Å². The van der Waals surface area contributed by atoms with Gasteiger partial charge >= 0.3 is 11.9 Å². The third-order valence-electron chi connectivity index (χ3n) is 17.2. The maximum absolute atomic E-state index is 14.3. The van der Waals surface area contributed by atoms with E-state index in [2.05, 4.69) is 95.4 Å². The molecule has 662 valence electrons. The molecule has 1 rings (SSSR count). The van der Waals surface area contributed by atoms with E-state index in [4.69, 9.17) is 22.3 Å². The third kappa shape index (κ3) is 38.6. The number of nitrogens with one attached hydrogen (secondary N) is 17. The molecular weight excluding hydrogens is 1560 g/mol. The number of nitrogens with two attached hydrogens (primary N) is 3. The monoisotopic (exact) mass is 1680 g/mol. The number of aliphatic hydroxyl groups excluding tert-OH is 4. The summed E-state index contributed by atoms with van der Waals surface area (Å²) >= 11 is 0. The third-order valence-corrected chi connectivity index (χ3v) is 17.2. The molecule has 0 bridgehead atoms. The number of aliphatic carboxylic acids is 2. The van der Waals surface area contributed by atoms with Gasteiger partial charge in [-0.3, -0.25) is 96.1 Å². The summed E-state index contributed by atoms with van der Waals surface area (Å²) in [5, 5.41) is 110. The van der Waals surface area contributed by atoms with Crippen molar-refractivity contribution in [2.75, 3.05) is 32.7 Å². The molecule has 118 heavy (non-hydrogen) atoms. The van der Waals surface area contributed by atoms with E-state index >= 15 is 0 Å². The van der Waals surface area contributed by atoms with Gasteiger partial charge in [0, 0.05) is 13.0 Å². The number of hydrogen-bond acceptors (Lipinski definition) is 26. The highest BCUT2D eigenvalue weighted by atomic mass is 16.4. The number of phenols is 1. The summed E-state index contributed by atoms with van der Waals surface area (Å²) in [6, 6.07) is -16.6. The van der Waals surface area contributed by atoms with E-state index in [9.17, 15) is 122 Å². The van der Waals surface area contributed by atoms with E-state index in [1.165, 1.54) is 65.8 Å². The number of carbonyl (C=O) groups is 19. The molecule has 0 unspecified atom stereocenters. The summed E-state index contributed by atoms with van der Waals surface area (Å²) in [4.78, 5) is 254. The number of hydrogen-bond donors (Lipinski definition) is 27. The number of rotatable bonds is 51. The van der Waals surface area contributed by atoms with Gasteiger partial charge in [-0.25, -0.2) is 0 Å². The number of carboxylic acid groups (broad SMARTS) is 2. The molecule has 1 aromatic carbocycles. The molecule has 0 aliphatic carbocycles. The predicted molar refractivity (Wildman–Crippen MR) is 415 cm³/mol. The summed E-state index contributed by atoms with van der Waals surface area (Å²) < 4.78 is 0. The Kier molecular flexibility index (Phi) is 45.1. The minimum atomic E-state index is -1.92. The van der Waals surface area contributed by atoms with Crippen LogP contribution in [0.5, 0.6) is 5.75 Å². The lowest BCUT2D eigenvalue weighted by Gasteiger charge is -2.29. The van der Waals surface area contributed by atoms with E-state index in [0.29, 0.717) is 5.56 Å². The fourth-order valence-corrected chi connectivity index (χ4v) is 10.4. The molecule has 18 atom stereocenters. The smallest absolute Gasteiger partial charge is 0.322 e. The molecule has 1 aromatic rings. The van der Waals surface area contributed by atoms with E-state index in [-0.39, 0.29) is 55.8 Å². The van der Waals surface area contributed by atoms with Crippen LogP contribution in [0.1, 0.15) is 128 Å². The molecule has 47 nitrogen and oxygen atoms in total. The first kappa shape index (κ1) is 104. The van der Waals surface area contributed by atoms with Crippen LogP contribution in [0.4, 0.5) is 0 Å². The van der Waals surface area contributed by atoms with Gasteiger partial charge < -0.3 is 143 Å². The Morgan fingerprint density at radius 1 is 0.356 bits per heavy atom. The maximum Gasteiger partial charge on any atom is 0.322 e. The second-order valence-corrected chi connectivity index (χ2v) is 29.1. The Morgan fingerprint density at radius 3 is 1.16 bits per heavy atom. The zero-order valence-corrected chi connectivity index (χ0v) is 68.1. The van der Waals surface area contributed by atoms with Crippen molar-refractivity contribution in [3.8, 4) is 5.75 Å². The predicted octanol–water partition coefficient (Wildman–Crippen LogP) is -11.4. The van der Waals surface area contributed by atoms with Crippen molar-refractivity contribution in [1.82, 2.24) is 90.4 Å². The van der Waals surface area contributed by atoms with Crippen molar-refractivity contribution in [3.05, 3.63) is 29.8 Å². The number of phenolic OH excluding ortho intramolecular Hbond substituents is 1.